The fraction of sp³-hybridized carbons (Fsp3) is 0.857. The van der Waals surface area contributed by atoms with Gasteiger partial charge >= 0.3 is 0 Å². The number of nitrogens with zero attached hydrogens (tertiary/aromatic N) is 1. The summed E-state index contributed by atoms with van der Waals surface area (Å²) in [7, 11) is 0. The number of hydrogen-bond acceptors (Lipinski definition) is 3. The van der Waals surface area contributed by atoms with Gasteiger partial charge in [-0.1, -0.05) is 0 Å². The quantitative estimate of drug-likeness (QED) is 0.720. The van der Waals surface area contributed by atoms with E-state index in [1.165, 1.54) is 6.42 Å². The first-order chi connectivity index (χ1) is 8.77. The molecular weight excluding hydrogens is 246 g/mol. The van der Waals surface area contributed by atoms with Crippen LogP contribution in [0.15, 0.2) is 0 Å². The van der Waals surface area contributed by atoms with Crippen molar-refractivity contribution in [2.45, 2.75) is 44.9 Å². The molecule has 102 valence electrons. The topological polar surface area (TPSA) is 37.4 Å². The number of amides is 1. The van der Waals surface area contributed by atoms with Gasteiger partial charge in [-0.05, 0) is 44.3 Å². The maximum atomic E-state index is 11.9. The molecule has 3 nitrogen and oxygen atoms in total. The Kier molecular flexibility index (Phi) is 5.54. The first-order valence-corrected chi connectivity index (χ1v) is 8.31. The number of carbonyl (C=O) groups excluding carboxylic acids is 2. The predicted octanol–water partition coefficient (Wildman–Crippen LogP) is 2.49. The van der Waals surface area contributed by atoms with Crippen molar-refractivity contribution < 1.29 is 9.59 Å². The third-order valence-electron chi connectivity index (χ3n) is 3.98. The molecule has 0 spiro atoms. The van der Waals surface area contributed by atoms with Crippen LogP contribution in [0.3, 0.4) is 0 Å². The standard InChI is InChI=1S/C14H23NO2S/c16-13-6-4-5-12(13)7-10-18-11-14(17)15-8-2-1-3-9-15/h12H,1-11H2. The molecule has 2 rings (SSSR count). The van der Waals surface area contributed by atoms with E-state index in [1.54, 1.807) is 11.8 Å². The lowest BCUT2D eigenvalue weighted by atomic mass is 10.1. The number of hydrogen-bond donors (Lipinski definition) is 0. The summed E-state index contributed by atoms with van der Waals surface area (Å²) in [5.74, 6) is 2.58. The normalized spacial score (nSPS) is 24.6. The van der Waals surface area contributed by atoms with Crippen molar-refractivity contribution in [2.75, 3.05) is 24.6 Å². The van der Waals surface area contributed by atoms with Gasteiger partial charge in [0.1, 0.15) is 5.78 Å². The van der Waals surface area contributed by atoms with E-state index in [9.17, 15) is 9.59 Å². The highest BCUT2D eigenvalue weighted by Gasteiger charge is 2.23. The second kappa shape index (κ2) is 7.17. The van der Waals surface area contributed by atoms with Crippen LogP contribution in [0.5, 0.6) is 0 Å². The molecule has 4 heteroatoms. The van der Waals surface area contributed by atoms with Gasteiger partial charge in [-0.2, -0.15) is 11.8 Å². The smallest absolute Gasteiger partial charge is 0.232 e. The Morgan fingerprint density at radius 2 is 2.00 bits per heavy atom. The Balaban J connectivity index is 1.57. The van der Waals surface area contributed by atoms with Crippen LogP contribution < -0.4 is 0 Å². The van der Waals surface area contributed by atoms with Crippen LogP contribution in [-0.4, -0.2) is 41.2 Å². The van der Waals surface area contributed by atoms with E-state index in [4.69, 9.17) is 0 Å². The molecule has 0 aromatic rings. The van der Waals surface area contributed by atoms with E-state index in [0.29, 0.717) is 17.5 Å². The van der Waals surface area contributed by atoms with Crippen LogP contribution in [0, 0.1) is 5.92 Å². The molecule has 2 aliphatic rings. The third-order valence-corrected chi connectivity index (χ3v) is 4.95. The molecular formula is C14H23NO2S. The average Bonchev–Trinajstić information content (AvgIpc) is 2.81. The summed E-state index contributed by atoms with van der Waals surface area (Å²) in [6.07, 6.45) is 7.47. The lowest BCUT2D eigenvalue weighted by Gasteiger charge is -2.26. The van der Waals surface area contributed by atoms with Crippen molar-refractivity contribution in [3.05, 3.63) is 0 Å². The molecule has 0 radical (unpaired) electrons. The highest BCUT2D eigenvalue weighted by Crippen LogP contribution is 2.25. The van der Waals surface area contributed by atoms with Gasteiger partial charge in [-0.25, -0.2) is 0 Å². The highest BCUT2D eigenvalue weighted by atomic mass is 32.2. The second-order valence-electron chi connectivity index (χ2n) is 5.34. The number of piperidine rings is 1. The summed E-state index contributed by atoms with van der Waals surface area (Å²) >= 11 is 1.70. The van der Waals surface area contributed by atoms with Crippen molar-refractivity contribution in [1.29, 1.82) is 0 Å². The summed E-state index contributed by atoms with van der Waals surface area (Å²) in [5, 5.41) is 0. The summed E-state index contributed by atoms with van der Waals surface area (Å²) in [4.78, 5) is 25.4. The van der Waals surface area contributed by atoms with E-state index < -0.39 is 0 Å². The minimum absolute atomic E-state index is 0.289. The Hall–Kier alpha value is -0.510. The van der Waals surface area contributed by atoms with Crippen LogP contribution in [-0.2, 0) is 9.59 Å². The van der Waals surface area contributed by atoms with Gasteiger partial charge < -0.3 is 4.90 Å². The highest BCUT2D eigenvalue weighted by molar-refractivity contribution is 7.99. The van der Waals surface area contributed by atoms with Crippen LogP contribution in [0.1, 0.15) is 44.9 Å². The van der Waals surface area contributed by atoms with Gasteiger partial charge in [0.05, 0.1) is 5.75 Å². The predicted molar refractivity (Wildman–Crippen MR) is 74.7 cm³/mol. The monoisotopic (exact) mass is 269 g/mol. The first kappa shape index (κ1) is 13.9. The Morgan fingerprint density at radius 1 is 1.22 bits per heavy atom. The van der Waals surface area contributed by atoms with Crippen LogP contribution in [0.2, 0.25) is 0 Å². The third kappa shape index (κ3) is 4.01. The maximum Gasteiger partial charge on any atom is 0.232 e. The minimum Gasteiger partial charge on any atom is -0.342 e. The molecule has 0 aromatic heterocycles. The number of carbonyl (C=O) groups is 2. The molecule has 2 fully saturated rings. The molecule has 1 saturated carbocycles. The van der Waals surface area contributed by atoms with Crippen molar-refractivity contribution >= 4 is 23.5 Å². The Bertz CT molecular complexity index is 300. The fourth-order valence-electron chi connectivity index (χ4n) is 2.81. The van der Waals surface area contributed by atoms with Crippen LogP contribution in [0.25, 0.3) is 0 Å². The van der Waals surface area contributed by atoms with E-state index in [2.05, 4.69) is 0 Å². The van der Waals surface area contributed by atoms with Gasteiger partial charge in [-0.3, -0.25) is 9.59 Å². The Labute approximate surface area is 114 Å². The number of likely N-dealkylation sites (tertiary alicyclic amines) is 1. The van der Waals surface area contributed by atoms with E-state index in [0.717, 1.165) is 57.4 Å². The molecule has 1 heterocycles. The van der Waals surface area contributed by atoms with E-state index in [1.807, 2.05) is 4.90 Å². The Morgan fingerprint density at radius 3 is 2.67 bits per heavy atom. The molecule has 1 saturated heterocycles. The maximum absolute atomic E-state index is 11.9. The molecule has 18 heavy (non-hydrogen) atoms. The molecule has 1 unspecified atom stereocenters. The first-order valence-electron chi connectivity index (χ1n) is 7.15. The van der Waals surface area contributed by atoms with Crippen LogP contribution in [0.4, 0.5) is 0 Å². The summed E-state index contributed by atoms with van der Waals surface area (Å²) in [6, 6.07) is 0. The molecule has 1 aliphatic carbocycles. The van der Waals surface area contributed by atoms with Gasteiger partial charge in [0.2, 0.25) is 5.91 Å². The fourth-order valence-corrected chi connectivity index (χ4v) is 3.77. The zero-order valence-electron chi connectivity index (χ0n) is 11.0. The van der Waals surface area contributed by atoms with E-state index >= 15 is 0 Å². The molecule has 1 aliphatic heterocycles. The molecule has 0 bridgehead atoms. The van der Waals surface area contributed by atoms with Gasteiger partial charge in [0.15, 0.2) is 0 Å². The van der Waals surface area contributed by atoms with Gasteiger partial charge in [0, 0.05) is 25.4 Å². The lowest BCUT2D eigenvalue weighted by molar-refractivity contribution is -0.129. The number of Topliss-reactive ketones (excluding diaryl/α,β-unsaturated/α-hetero) is 1. The molecule has 1 amide bonds. The van der Waals surface area contributed by atoms with Crippen molar-refractivity contribution in [3.63, 3.8) is 0 Å². The van der Waals surface area contributed by atoms with Gasteiger partial charge in [-0.15, -0.1) is 0 Å². The summed E-state index contributed by atoms with van der Waals surface area (Å²) in [5.41, 5.74) is 0. The molecule has 1 atom stereocenters. The lowest BCUT2D eigenvalue weighted by Crippen LogP contribution is -2.36. The largest absolute Gasteiger partial charge is 0.342 e. The van der Waals surface area contributed by atoms with Gasteiger partial charge in [0.25, 0.3) is 0 Å². The zero-order chi connectivity index (χ0) is 12.8. The number of ketones is 1. The number of rotatable bonds is 5. The zero-order valence-corrected chi connectivity index (χ0v) is 11.8. The number of thioether (sulfide) groups is 1. The SMILES string of the molecule is O=C1CCCC1CCSCC(=O)N1CCCCC1. The van der Waals surface area contributed by atoms with Crippen molar-refractivity contribution in [3.8, 4) is 0 Å². The summed E-state index contributed by atoms with van der Waals surface area (Å²) in [6.45, 7) is 1.89. The molecule has 0 N–H and O–H groups in total. The van der Waals surface area contributed by atoms with Crippen molar-refractivity contribution in [1.82, 2.24) is 4.90 Å². The van der Waals surface area contributed by atoms with E-state index in [-0.39, 0.29) is 5.91 Å². The summed E-state index contributed by atoms with van der Waals surface area (Å²) < 4.78 is 0. The average molecular weight is 269 g/mol. The second-order valence-corrected chi connectivity index (χ2v) is 6.44. The molecule has 0 aromatic carbocycles. The van der Waals surface area contributed by atoms with Crippen molar-refractivity contribution in [2.24, 2.45) is 5.92 Å². The minimum atomic E-state index is 0.289. The van der Waals surface area contributed by atoms with Crippen LogP contribution >= 0.6 is 11.8 Å².